The van der Waals surface area contributed by atoms with E-state index in [1.807, 2.05) is 18.2 Å². The molecule has 2 N–H and O–H groups in total. The molecule has 2 fully saturated rings. The fourth-order valence-electron chi connectivity index (χ4n) is 4.38. The lowest BCUT2D eigenvalue weighted by atomic mass is 9.73. The van der Waals surface area contributed by atoms with Crippen LogP contribution < -0.4 is 5.32 Å². The van der Waals surface area contributed by atoms with Crippen molar-refractivity contribution in [2.75, 3.05) is 13.1 Å². The predicted octanol–water partition coefficient (Wildman–Crippen LogP) is 3.34. The number of hydrogen-bond acceptors (Lipinski definition) is 3. The first-order valence-electron chi connectivity index (χ1n) is 9.99. The van der Waals surface area contributed by atoms with Crippen molar-refractivity contribution < 1.29 is 9.84 Å². The molecule has 0 radical (unpaired) electrons. The van der Waals surface area contributed by atoms with Gasteiger partial charge >= 0.3 is 0 Å². The number of likely N-dealkylation sites (tertiary alicyclic amines) is 1. The van der Waals surface area contributed by atoms with Gasteiger partial charge in [0.15, 0.2) is 5.11 Å². The summed E-state index contributed by atoms with van der Waals surface area (Å²) >= 11 is 5.62. The van der Waals surface area contributed by atoms with E-state index in [1.54, 1.807) is 0 Å². The van der Waals surface area contributed by atoms with Gasteiger partial charge in [-0.05, 0) is 48.9 Å². The zero-order valence-corrected chi connectivity index (χ0v) is 16.8. The number of hydrogen-bond donors (Lipinski definition) is 2. The van der Waals surface area contributed by atoms with Crippen molar-refractivity contribution in [2.24, 2.45) is 11.8 Å². The van der Waals surface area contributed by atoms with Gasteiger partial charge in [-0.25, -0.2) is 0 Å². The van der Waals surface area contributed by atoms with Crippen LogP contribution >= 0.6 is 12.2 Å². The Kier molecular flexibility index (Phi) is 6.90. The highest BCUT2D eigenvalue weighted by Gasteiger charge is 2.43. The van der Waals surface area contributed by atoms with Crippen LogP contribution in [0.2, 0.25) is 0 Å². The van der Waals surface area contributed by atoms with Crippen molar-refractivity contribution in [2.45, 2.75) is 64.4 Å². The van der Waals surface area contributed by atoms with E-state index in [0.29, 0.717) is 18.4 Å². The van der Waals surface area contributed by atoms with Crippen molar-refractivity contribution in [3.8, 4) is 0 Å². The smallest absolute Gasteiger partial charge is 0.169 e. The van der Waals surface area contributed by atoms with Crippen LogP contribution in [-0.4, -0.2) is 46.5 Å². The maximum Gasteiger partial charge on any atom is 0.169 e. The Morgan fingerprint density at radius 2 is 1.96 bits per heavy atom. The summed E-state index contributed by atoms with van der Waals surface area (Å²) in [5.41, 5.74) is 1.16. The highest BCUT2D eigenvalue weighted by molar-refractivity contribution is 7.80. The Morgan fingerprint density at radius 1 is 1.27 bits per heavy atom. The Bertz CT molecular complexity index is 577. The van der Waals surface area contributed by atoms with Gasteiger partial charge < -0.3 is 20.1 Å². The molecule has 1 saturated carbocycles. The molecule has 26 heavy (non-hydrogen) atoms. The van der Waals surface area contributed by atoms with Crippen LogP contribution in [-0.2, 0) is 11.3 Å². The van der Waals surface area contributed by atoms with Crippen LogP contribution in [0.1, 0.15) is 45.1 Å². The van der Waals surface area contributed by atoms with E-state index >= 15 is 0 Å². The number of nitrogens with one attached hydrogen (secondary N) is 1. The molecule has 5 heteroatoms. The zero-order chi connectivity index (χ0) is 18.5. The fraction of sp³-hybridized carbons (Fsp3) is 0.667. The van der Waals surface area contributed by atoms with E-state index in [-0.39, 0.29) is 12.1 Å². The van der Waals surface area contributed by atoms with Gasteiger partial charge in [-0.2, -0.15) is 0 Å². The summed E-state index contributed by atoms with van der Waals surface area (Å²) in [6.07, 6.45) is 3.77. The molecular formula is C21H32N2O2S. The molecular weight excluding hydrogens is 344 g/mol. The minimum atomic E-state index is -0.433. The Labute approximate surface area is 162 Å². The topological polar surface area (TPSA) is 44.7 Å². The molecule has 1 aromatic carbocycles. The standard InChI is InChI=1S/C21H32N2O2S/c1-3-17-13-18(24)19(22-21(26)23-11-7-8-12-23)20(15(17)2)25-14-16-9-5-4-6-10-16/h4-6,9-10,15,17-20,24H,3,7-8,11-14H2,1-2H3,(H,22,26)/t15-,17+,18-,19+,20+/m1/s1. The summed E-state index contributed by atoms with van der Waals surface area (Å²) in [4.78, 5) is 2.22. The van der Waals surface area contributed by atoms with Crippen molar-refractivity contribution in [3.63, 3.8) is 0 Å². The summed E-state index contributed by atoms with van der Waals surface area (Å²) in [5, 5.41) is 15.0. The molecule has 0 spiro atoms. The number of ether oxygens (including phenoxy) is 1. The first kappa shape index (κ1) is 19.6. The minimum Gasteiger partial charge on any atom is -0.391 e. The molecule has 144 valence electrons. The van der Waals surface area contributed by atoms with Crippen LogP contribution in [0.25, 0.3) is 0 Å². The largest absolute Gasteiger partial charge is 0.391 e. The summed E-state index contributed by atoms with van der Waals surface area (Å²) in [6, 6.07) is 10.1. The van der Waals surface area contributed by atoms with Crippen LogP contribution in [0, 0.1) is 11.8 Å². The normalized spacial score (nSPS) is 31.8. The maximum absolute atomic E-state index is 10.8. The molecule has 0 bridgehead atoms. The van der Waals surface area contributed by atoms with E-state index in [1.165, 1.54) is 12.8 Å². The average molecular weight is 377 g/mol. The number of benzene rings is 1. The molecule has 3 rings (SSSR count). The number of thiocarbonyl (C=S) groups is 1. The van der Waals surface area contributed by atoms with Crippen LogP contribution in [0.4, 0.5) is 0 Å². The van der Waals surface area contributed by atoms with Crippen molar-refractivity contribution in [1.82, 2.24) is 10.2 Å². The Morgan fingerprint density at radius 3 is 2.62 bits per heavy atom. The lowest BCUT2D eigenvalue weighted by molar-refractivity contribution is -0.0956. The summed E-state index contributed by atoms with van der Waals surface area (Å²) in [5.74, 6) is 0.857. The average Bonchev–Trinajstić information content (AvgIpc) is 3.19. The van der Waals surface area contributed by atoms with Crippen LogP contribution in [0.3, 0.4) is 0 Å². The summed E-state index contributed by atoms with van der Waals surface area (Å²) in [7, 11) is 0. The SMILES string of the molecule is CC[C@H]1C[C@@H](O)[C@H](NC(=S)N2CCCC2)[C@@H](OCc2ccccc2)[C@@H]1C. The van der Waals surface area contributed by atoms with E-state index in [4.69, 9.17) is 17.0 Å². The second-order valence-electron chi connectivity index (χ2n) is 7.76. The van der Waals surface area contributed by atoms with Gasteiger partial charge in [-0.15, -0.1) is 0 Å². The quantitative estimate of drug-likeness (QED) is 0.772. The van der Waals surface area contributed by atoms with Gasteiger partial charge in [-0.3, -0.25) is 0 Å². The van der Waals surface area contributed by atoms with Gasteiger partial charge in [0, 0.05) is 13.1 Å². The summed E-state index contributed by atoms with van der Waals surface area (Å²) < 4.78 is 6.36. The number of rotatable bonds is 5. The molecule has 1 aliphatic carbocycles. The number of aliphatic hydroxyl groups excluding tert-OH is 1. The second-order valence-corrected chi connectivity index (χ2v) is 8.15. The molecule has 1 aliphatic heterocycles. The van der Waals surface area contributed by atoms with Crippen molar-refractivity contribution in [3.05, 3.63) is 35.9 Å². The lowest BCUT2D eigenvalue weighted by Gasteiger charge is -2.45. The molecule has 0 unspecified atom stereocenters. The first-order chi connectivity index (χ1) is 12.6. The Balaban J connectivity index is 1.70. The monoisotopic (exact) mass is 376 g/mol. The van der Waals surface area contributed by atoms with E-state index in [2.05, 4.69) is 36.2 Å². The molecule has 0 aromatic heterocycles. The van der Waals surface area contributed by atoms with Gasteiger partial charge in [0.25, 0.3) is 0 Å². The van der Waals surface area contributed by atoms with Gasteiger partial charge in [0.1, 0.15) is 0 Å². The Hall–Kier alpha value is -1.17. The van der Waals surface area contributed by atoms with Gasteiger partial charge in [-0.1, -0.05) is 50.6 Å². The minimum absolute atomic E-state index is 0.0514. The van der Waals surface area contributed by atoms with E-state index in [0.717, 1.165) is 36.6 Å². The molecule has 2 aliphatic rings. The molecule has 1 aromatic rings. The van der Waals surface area contributed by atoms with Gasteiger partial charge in [0.05, 0.1) is 24.9 Å². The number of nitrogens with zero attached hydrogens (tertiary/aromatic N) is 1. The molecule has 1 heterocycles. The zero-order valence-electron chi connectivity index (χ0n) is 15.9. The van der Waals surface area contributed by atoms with Crippen molar-refractivity contribution in [1.29, 1.82) is 0 Å². The highest BCUT2D eigenvalue weighted by atomic mass is 32.1. The molecule has 0 amide bonds. The van der Waals surface area contributed by atoms with Crippen molar-refractivity contribution >= 4 is 17.3 Å². The third kappa shape index (κ3) is 4.56. The third-order valence-corrected chi connectivity index (χ3v) is 6.44. The highest BCUT2D eigenvalue weighted by Crippen LogP contribution is 2.35. The third-order valence-electron chi connectivity index (χ3n) is 6.07. The molecule has 4 nitrogen and oxygen atoms in total. The van der Waals surface area contributed by atoms with E-state index in [9.17, 15) is 5.11 Å². The number of aliphatic hydroxyl groups is 1. The first-order valence-corrected chi connectivity index (χ1v) is 10.4. The second kappa shape index (κ2) is 9.16. The predicted molar refractivity (Wildman–Crippen MR) is 109 cm³/mol. The lowest BCUT2D eigenvalue weighted by Crippen LogP contribution is -2.60. The van der Waals surface area contributed by atoms with Crippen LogP contribution in [0.5, 0.6) is 0 Å². The van der Waals surface area contributed by atoms with Crippen LogP contribution in [0.15, 0.2) is 30.3 Å². The van der Waals surface area contributed by atoms with E-state index < -0.39 is 6.10 Å². The van der Waals surface area contributed by atoms with Gasteiger partial charge in [0.2, 0.25) is 0 Å². The maximum atomic E-state index is 10.8. The summed E-state index contributed by atoms with van der Waals surface area (Å²) in [6.45, 7) is 7.04. The molecule has 1 saturated heterocycles. The fourth-order valence-corrected chi connectivity index (χ4v) is 4.70. The molecule has 5 atom stereocenters.